The van der Waals surface area contributed by atoms with E-state index in [4.69, 9.17) is 0 Å². The number of hydroxylamine groups is 1. The first-order valence-corrected chi connectivity index (χ1v) is 4.08. The first-order valence-electron chi connectivity index (χ1n) is 4.08. The van der Waals surface area contributed by atoms with Gasteiger partial charge in [0.25, 0.3) is 0 Å². The van der Waals surface area contributed by atoms with Crippen LogP contribution in [0.1, 0.15) is 17.3 Å². The zero-order valence-electron chi connectivity index (χ0n) is 8.02. The molecule has 0 bridgehead atoms. The second kappa shape index (κ2) is 4.36. The van der Waals surface area contributed by atoms with Gasteiger partial charge in [0, 0.05) is 5.56 Å². The Hall–Kier alpha value is -1.91. The lowest BCUT2D eigenvalue weighted by molar-refractivity contribution is -0.497. The highest BCUT2D eigenvalue weighted by atomic mass is 16.5. The van der Waals surface area contributed by atoms with Crippen molar-refractivity contribution in [3.8, 4) is 0 Å². The van der Waals surface area contributed by atoms with Crippen molar-refractivity contribution < 1.29 is 9.66 Å². The van der Waals surface area contributed by atoms with E-state index in [9.17, 15) is 10.0 Å². The molecule has 0 aromatic heterocycles. The van der Waals surface area contributed by atoms with Crippen molar-refractivity contribution in [3.05, 3.63) is 35.0 Å². The topological polar surface area (TPSA) is 67.5 Å². The molecule has 74 valence electrons. The molecule has 1 aromatic rings. The van der Waals surface area contributed by atoms with Gasteiger partial charge in [-0.1, -0.05) is 12.1 Å². The molecule has 0 spiro atoms. The van der Waals surface area contributed by atoms with Gasteiger partial charge in [0.2, 0.25) is 0 Å². The molecule has 5 heteroatoms. The highest BCUT2D eigenvalue weighted by Gasteiger charge is 2.01. The zero-order valence-corrected chi connectivity index (χ0v) is 8.02. The molecule has 1 aromatic carbocycles. The summed E-state index contributed by atoms with van der Waals surface area (Å²) in [5, 5.41) is 13.9. The second-order valence-corrected chi connectivity index (χ2v) is 2.81. The van der Waals surface area contributed by atoms with Crippen LogP contribution in [0.5, 0.6) is 0 Å². The van der Waals surface area contributed by atoms with Crippen molar-refractivity contribution in [3.63, 3.8) is 0 Å². The number of nitrogens with one attached hydrogen (secondary N) is 1. The fraction of sp³-hybridized carbons (Fsp3) is 0.222. The molecule has 1 N–H and O–H groups in total. The summed E-state index contributed by atoms with van der Waals surface area (Å²) < 4.78 is 0. The van der Waals surface area contributed by atoms with Crippen LogP contribution >= 0.6 is 0 Å². The number of nitrogens with zero attached hydrogens (tertiary/aromatic N) is 2. The maximum Gasteiger partial charge on any atom is 0.159 e. The maximum absolute atomic E-state index is 11.0. The number of carbonyl (C=O) groups is 1. The lowest BCUT2D eigenvalue weighted by atomic mass is 10.1. The molecule has 0 amide bonds. The first kappa shape index (κ1) is 10.2. The Balaban J connectivity index is 2.84. The highest BCUT2D eigenvalue weighted by Crippen LogP contribution is 2.10. The van der Waals surface area contributed by atoms with E-state index in [1.165, 1.54) is 14.0 Å². The van der Waals surface area contributed by atoms with Crippen LogP contribution in [0.2, 0.25) is 0 Å². The van der Waals surface area contributed by atoms with E-state index >= 15 is 0 Å². The van der Waals surface area contributed by atoms with Crippen molar-refractivity contribution in [2.24, 2.45) is 5.22 Å². The van der Waals surface area contributed by atoms with Gasteiger partial charge < -0.3 is 5.21 Å². The van der Waals surface area contributed by atoms with Gasteiger partial charge in [-0.2, -0.15) is 4.86 Å². The van der Waals surface area contributed by atoms with Gasteiger partial charge in [-0.25, -0.2) is 0 Å². The van der Waals surface area contributed by atoms with Gasteiger partial charge in [0.05, 0.1) is 5.22 Å². The summed E-state index contributed by atoms with van der Waals surface area (Å²) in [6.07, 6.45) is 0. The fourth-order valence-corrected chi connectivity index (χ4v) is 0.936. The predicted octanol–water partition coefficient (Wildman–Crippen LogP) is 1.81. The maximum atomic E-state index is 11.0. The van der Waals surface area contributed by atoms with Crippen LogP contribution < -0.4 is 5.43 Å². The van der Waals surface area contributed by atoms with Crippen LogP contribution in [0.25, 0.3) is 0 Å². The first-order chi connectivity index (χ1) is 6.59. The van der Waals surface area contributed by atoms with E-state index in [1.54, 1.807) is 24.3 Å². The van der Waals surface area contributed by atoms with Gasteiger partial charge >= 0.3 is 0 Å². The average Bonchev–Trinajstić information content (AvgIpc) is 2.15. The van der Waals surface area contributed by atoms with Crippen LogP contribution in [0.15, 0.2) is 29.5 Å². The number of anilines is 1. The predicted molar refractivity (Wildman–Crippen MR) is 52.0 cm³/mol. The molecule has 1 rings (SSSR count). The molecule has 14 heavy (non-hydrogen) atoms. The number of carbonyl (C=O) groups excluding carboxylic acids is 1. The second-order valence-electron chi connectivity index (χ2n) is 2.81. The summed E-state index contributed by atoms with van der Waals surface area (Å²) >= 11 is 0. The van der Waals surface area contributed by atoms with Gasteiger partial charge in [-0.3, -0.25) is 4.79 Å². The molecule has 0 radical (unpaired) electrons. The van der Waals surface area contributed by atoms with Gasteiger partial charge in [0.15, 0.2) is 5.78 Å². The van der Waals surface area contributed by atoms with Crippen LogP contribution in [0.3, 0.4) is 0 Å². The smallest absolute Gasteiger partial charge is 0.159 e. The summed E-state index contributed by atoms with van der Waals surface area (Å²) in [7, 11) is 1.27. The van der Waals surface area contributed by atoms with Gasteiger partial charge in [-0.15, -0.1) is 5.43 Å². The van der Waals surface area contributed by atoms with Crippen molar-refractivity contribution in [2.45, 2.75) is 6.92 Å². The van der Waals surface area contributed by atoms with E-state index < -0.39 is 0 Å². The lowest BCUT2D eigenvalue weighted by Crippen LogP contribution is -1.98. The molecule has 0 fully saturated rings. The third-order valence-corrected chi connectivity index (χ3v) is 1.59. The van der Waals surface area contributed by atoms with E-state index in [2.05, 4.69) is 10.6 Å². The Kier molecular flexibility index (Phi) is 3.17. The van der Waals surface area contributed by atoms with Crippen LogP contribution in [-0.2, 0) is 0 Å². The lowest BCUT2D eigenvalue weighted by Gasteiger charge is -1.99. The fourth-order valence-electron chi connectivity index (χ4n) is 0.936. The number of Topliss-reactive ketones (excluding diaryl/α,β-unsaturated/α-hetero) is 1. The van der Waals surface area contributed by atoms with Gasteiger partial charge in [0.1, 0.15) is 12.7 Å². The van der Waals surface area contributed by atoms with Crippen molar-refractivity contribution in [1.82, 2.24) is 0 Å². The molecule has 0 aliphatic carbocycles. The number of hydrogen-bond donors (Lipinski definition) is 1. The standard InChI is InChI=1S/C9H11N3O2/c1-7(13)8-4-3-5-9(6-8)10-11-12(2)14/h3-6,10H,1-2H3/b12-11-. The van der Waals surface area contributed by atoms with Crippen LogP contribution in [0, 0.1) is 5.21 Å². The van der Waals surface area contributed by atoms with E-state index in [0.29, 0.717) is 16.1 Å². The van der Waals surface area contributed by atoms with E-state index in [0.717, 1.165) is 0 Å². The minimum atomic E-state index is -0.0240. The summed E-state index contributed by atoms with van der Waals surface area (Å²) in [6, 6.07) is 6.78. The molecule has 0 aliphatic rings. The largest absolute Gasteiger partial charge is 0.696 e. The quantitative estimate of drug-likeness (QED) is 0.344. The highest BCUT2D eigenvalue weighted by molar-refractivity contribution is 5.94. The molecule has 0 heterocycles. The number of rotatable bonds is 3. The summed E-state index contributed by atoms with van der Waals surface area (Å²) in [5.41, 5.74) is 3.72. The Morgan fingerprint density at radius 1 is 1.57 bits per heavy atom. The minimum absolute atomic E-state index is 0.0240. The van der Waals surface area contributed by atoms with Crippen molar-refractivity contribution >= 4 is 11.5 Å². The molecule has 0 atom stereocenters. The summed E-state index contributed by atoms with van der Waals surface area (Å²) in [4.78, 5) is 11.4. The number of hydrogen-bond acceptors (Lipinski definition) is 3. The van der Waals surface area contributed by atoms with Crippen molar-refractivity contribution in [1.29, 1.82) is 0 Å². The Bertz CT molecular complexity index is 370. The molecule has 0 saturated carbocycles. The van der Waals surface area contributed by atoms with Crippen molar-refractivity contribution in [2.75, 3.05) is 12.5 Å². The number of ketones is 1. The van der Waals surface area contributed by atoms with Gasteiger partial charge in [-0.05, 0) is 19.1 Å². The normalized spacial score (nSPS) is 11.1. The van der Waals surface area contributed by atoms with Crippen LogP contribution in [-0.4, -0.2) is 17.7 Å². The Labute approximate surface area is 81.6 Å². The molecular weight excluding hydrogens is 182 g/mol. The Morgan fingerprint density at radius 3 is 2.86 bits per heavy atom. The third kappa shape index (κ3) is 2.85. The Morgan fingerprint density at radius 2 is 2.29 bits per heavy atom. The summed E-state index contributed by atoms with van der Waals surface area (Å²) in [5.74, 6) is -0.0240. The molecular formula is C9H11N3O2. The minimum Gasteiger partial charge on any atom is -0.696 e. The average molecular weight is 193 g/mol. The SMILES string of the molecule is CC(=O)c1cccc(N/N=[N+](/C)[O-])c1. The third-order valence-electron chi connectivity index (χ3n) is 1.59. The molecule has 0 unspecified atom stereocenters. The molecule has 0 saturated heterocycles. The molecule has 0 aliphatic heterocycles. The monoisotopic (exact) mass is 193 g/mol. The molecule has 5 nitrogen and oxygen atoms in total. The van der Waals surface area contributed by atoms with E-state index in [-0.39, 0.29) is 5.78 Å². The summed E-state index contributed by atoms with van der Waals surface area (Å²) in [6.45, 7) is 1.48. The van der Waals surface area contributed by atoms with Crippen LogP contribution in [0.4, 0.5) is 5.69 Å². The number of benzene rings is 1. The van der Waals surface area contributed by atoms with E-state index in [1.807, 2.05) is 0 Å². The zero-order chi connectivity index (χ0) is 10.6.